The highest BCUT2D eigenvalue weighted by atomic mass is 32.2. The number of aryl methyl sites for hydroxylation is 1. The van der Waals surface area contributed by atoms with E-state index in [-0.39, 0.29) is 11.9 Å². The summed E-state index contributed by atoms with van der Waals surface area (Å²) >= 11 is 0. The van der Waals surface area contributed by atoms with E-state index in [4.69, 9.17) is 4.74 Å². The third-order valence-electron chi connectivity index (χ3n) is 3.77. The topological polar surface area (TPSA) is 72.4 Å². The molecule has 0 amide bonds. The molecule has 0 aliphatic carbocycles. The Kier molecular flexibility index (Phi) is 4.58. The number of benzene rings is 1. The molecule has 1 unspecified atom stereocenters. The third kappa shape index (κ3) is 4.05. The largest absolute Gasteiger partial charge is 0.472 e. The van der Waals surface area contributed by atoms with Crippen LogP contribution in [-0.2, 0) is 15.8 Å². The molecule has 6 nitrogen and oxygen atoms in total. The zero-order valence-electron chi connectivity index (χ0n) is 12.9. The van der Waals surface area contributed by atoms with Crippen LogP contribution < -0.4 is 4.74 Å². The number of rotatable bonds is 5. The summed E-state index contributed by atoms with van der Waals surface area (Å²) in [5, 5.41) is 7.62. The van der Waals surface area contributed by atoms with Crippen LogP contribution in [0.2, 0.25) is 0 Å². The maximum absolute atomic E-state index is 12.6. The van der Waals surface area contributed by atoms with Crippen LogP contribution in [0.25, 0.3) is 0 Å². The minimum Gasteiger partial charge on any atom is -0.472 e. The van der Waals surface area contributed by atoms with Gasteiger partial charge in [-0.3, -0.25) is 0 Å². The lowest BCUT2D eigenvalue weighted by atomic mass is 10.2. The van der Waals surface area contributed by atoms with Gasteiger partial charge in [-0.2, -0.15) is 9.40 Å². The molecule has 23 heavy (non-hydrogen) atoms. The van der Waals surface area contributed by atoms with Crippen LogP contribution in [0.5, 0.6) is 5.88 Å². The first-order valence-corrected chi connectivity index (χ1v) is 9.11. The lowest BCUT2D eigenvalue weighted by Gasteiger charge is -2.17. The minimum atomic E-state index is -3.34. The predicted molar refractivity (Wildman–Crippen MR) is 86.4 cm³/mol. The van der Waals surface area contributed by atoms with Crippen LogP contribution >= 0.6 is 0 Å². The lowest BCUT2D eigenvalue weighted by Crippen LogP contribution is -2.32. The van der Waals surface area contributed by atoms with Crippen LogP contribution in [0.15, 0.2) is 42.6 Å². The van der Waals surface area contributed by atoms with Gasteiger partial charge in [0.1, 0.15) is 6.10 Å². The Balaban J connectivity index is 1.63. The lowest BCUT2D eigenvalue weighted by molar-refractivity contribution is 0.204. The van der Waals surface area contributed by atoms with Gasteiger partial charge in [0.15, 0.2) is 0 Å². The van der Waals surface area contributed by atoms with E-state index >= 15 is 0 Å². The molecular formula is C16H19N3O3S. The van der Waals surface area contributed by atoms with Crippen molar-refractivity contribution >= 4 is 10.0 Å². The summed E-state index contributed by atoms with van der Waals surface area (Å²) in [4.78, 5) is 0. The van der Waals surface area contributed by atoms with Crippen LogP contribution in [0.3, 0.4) is 0 Å². The molecule has 0 spiro atoms. The molecule has 1 atom stereocenters. The van der Waals surface area contributed by atoms with Crippen LogP contribution in [0, 0.1) is 6.92 Å². The van der Waals surface area contributed by atoms with Crippen molar-refractivity contribution in [1.82, 2.24) is 14.5 Å². The third-order valence-corrected chi connectivity index (χ3v) is 5.58. The van der Waals surface area contributed by atoms with E-state index in [0.29, 0.717) is 25.4 Å². The van der Waals surface area contributed by atoms with Crippen molar-refractivity contribution in [1.29, 1.82) is 0 Å². The van der Waals surface area contributed by atoms with Crippen molar-refractivity contribution in [2.45, 2.75) is 25.2 Å². The maximum atomic E-state index is 12.6. The van der Waals surface area contributed by atoms with Crippen LogP contribution in [-0.4, -0.2) is 42.1 Å². The molecule has 1 saturated heterocycles. The maximum Gasteiger partial charge on any atom is 0.233 e. The molecule has 0 radical (unpaired) electrons. The van der Waals surface area contributed by atoms with E-state index < -0.39 is 10.0 Å². The Bertz CT molecular complexity index is 765. The Morgan fingerprint density at radius 3 is 2.91 bits per heavy atom. The zero-order chi connectivity index (χ0) is 16.3. The van der Waals surface area contributed by atoms with E-state index in [1.54, 1.807) is 18.3 Å². The summed E-state index contributed by atoms with van der Waals surface area (Å²) in [6.07, 6.45) is 2.04. The van der Waals surface area contributed by atoms with E-state index in [0.717, 1.165) is 11.1 Å². The monoisotopic (exact) mass is 333 g/mol. The van der Waals surface area contributed by atoms with Gasteiger partial charge in [0.05, 0.1) is 12.3 Å². The van der Waals surface area contributed by atoms with E-state index in [1.807, 2.05) is 31.2 Å². The molecule has 1 fully saturated rings. The molecule has 122 valence electrons. The first kappa shape index (κ1) is 15.9. The summed E-state index contributed by atoms with van der Waals surface area (Å²) in [7, 11) is -3.34. The zero-order valence-corrected chi connectivity index (χ0v) is 13.7. The van der Waals surface area contributed by atoms with Crippen molar-refractivity contribution in [3.05, 3.63) is 53.7 Å². The molecule has 2 aromatic rings. The first-order valence-electron chi connectivity index (χ1n) is 7.51. The highest BCUT2D eigenvalue weighted by Gasteiger charge is 2.32. The quantitative estimate of drug-likeness (QED) is 0.834. The molecular weight excluding hydrogens is 314 g/mol. The number of ether oxygens (including phenoxy) is 1. The van der Waals surface area contributed by atoms with Crippen molar-refractivity contribution in [3.8, 4) is 5.88 Å². The summed E-state index contributed by atoms with van der Waals surface area (Å²) in [5.74, 6) is 0.447. The van der Waals surface area contributed by atoms with Gasteiger partial charge in [-0.1, -0.05) is 29.8 Å². The molecule has 1 aromatic carbocycles. The summed E-state index contributed by atoms with van der Waals surface area (Å²) in [5.41, 5.74) is 1.87. The summed E-state index contributed by atoms with van der Waals surface area (Å²) in [6, 6.07) is 11.0. The highest BCUT2D eigenvalue weighted by Crippen LogP contribution is 2.21. The standard InChI is InChI=1S/C16H19N3O3S/c1-13-4-2-5-14(10-13)12-23(20,21)19-9-7-15(11-19)22-16-6-3-8-17-18-16/h2-6,8,10,15H,7,9,11-12H2,1H3. The van der Waals surface area contributed by atoms with E-state index in [9.17, 15) is 8.42 Å². The van der Waals surface area contributed by atoms with Crippen molar-refractivity contribution < 1.29 is 13.2 Å². The number of nitrogens with zero attached hydrogens (tertiary/aromatic N) is 3. The Hall–Kier alpha value is -1.99. The minimum absolute atomic E-state index is 0.0204. The average molecular weight is 333 g/mol. The second-order valence-corrected chi connectivity index (χ2v) is 7.66. The van der Waals surface area contributed by atoms with Gasteiger partial charge in [0.2, 0.25) is 15.9 Å². The van der Waals surface area contributed by atoms with Crippen LogP contribution in [0.1, 0.15) is 17.5 Å². The van der Waals surface area contributed by atoms with Crippen molar-refractivity contribution in [2.75, 3.05) is 13.1 Å². The van der Waals surface area contributed by atoms with Gasteiger partial charge in [-0.15, -0.1) is 5.10 Å². The fourth-order valence-electron chi connectivity index (χ4n) is 2.67. The SMILES string of the molecule is Cc1cccc(CS(=O)(=O)N2CCC(Oc3cccnn3)C2)c1. The summed E-state index contributed by atoms with van der Waals surface area (Å²) in [6.45, 7) is 2.78. The Morgan fingerprint density at radius 2 is 2.17 bits per heavy atom. The van der Waals surface area contributed by atoms with E-state index in [1.165, 1.54) is 4.31 Å². The summed E-state index contributed by atoms with van der Waals surface area (Å²) < 4.78 is 32.3. The molecule has 3 rings (SSSR count). The fraction of sp³-hybridized carbons (Fsp3) is 0.375. The van der Waals surface area contributed by atoms with Gasteiger partial charge in [0, 0.05) is 18.8 Å². The van der Waals surface area contributed by atoms with Gasteiger partial charge < -0.3 is 4.74 Å². The first-order chi connectivity index (χ1) is 11.0. The normalized spacial score (nSPS) is 18.9. The Morgan fingerprint density at radius 1 is 1.30 bits per heavy atom. The van der Waals surface area contributed by atoms with Gasteiger partial charge in [0.25, 0.3) is 0 Å². The smallest absolute Gasteiger partial charge is 0.233 e. The molecule has 0 N–H and O–H groups in total. The van der Waals surface area contributed by atoms with Crippen molar-refractivity contribution in [3.63, 3.8) is 0 Å². The number of hydrogen-bond acceptors (Lipinski definition) is 5. The van der Waals surface area contributed by atoms with Gasteiger partial charge in [-0.05, 0) is 25.0 Å². The number of hydrogen-bond donors (Lipinski definition) is 0. The molecule has 1 aliphatic rings. The van der Waals surface area contributed by atoms with Gasteiger partial charge >= 0.3 is 0 Å². The fourth-order valence-corrected chi connectivity index (χ4v) is 4.23. The highest BCUT2D eigenvalue weighted by molar-refractivity contribution is 7.88. The average Bonchev–Trinajstić information content (AvgIpc) is 2.97. The molecule has 0 saturated carbocycles. The predicted octanol–water partition coefficient (Wildman–Crippen LogP) is 1.77. The van der Waals surface area contributed by atoms with Gasteiger partial charge in [-0.25, -0.2) is 8.42 Å². The van der Waals surface area contributed by atoms with Crippen LogP contribution in [0.4, 0.5) is 0 Å². The second kappa shape index (κ2) is 6.64. The molecule has 2 heterocycles. The Labute approximate surface area is 136 Å². The molecule has 0 bridgehead atoms. The molecule has 7 heteroatoms. The number of aromatic nitrogens is 2. The number of sulfonamides is 1. The van der Waals surface area contributed by atoms with E-state index in [2.05, 4.69) is 10.2 Å². The molecule has 1 aromatic heterocycles. The second-order valence-electron chi connectivity index (χ2n) is 5.69. The van der Waals surface area contributed by atoms with Crippen molar-refractivity contribution in [2.24, 2.45) is 0 Å². The molecule has 1 aliphatic heterocycles.